The third-order valence-electron chi connectivity index (χ3n) is 4.37. The van der Waals surface area contributed by atoms with Crippen molar-refractivity contribution in [1.29, 1.82) is 0 Å². The largest absolute Gasteiger partial charge is 0.357 e. The van der Waals surface area contributed by atoms with Crippen LogP contribution >= 0.6 is 35.3 Å². The Morgan fingerprint density at radius 3 is 2.87 bits per heavy atom. The molecule has 1 saturated carbocycles. The molecule has 2 heterocycles. The molecule has 2 aliphatic rings. The van der Waals surface area contributed by atoms with Crippen LogP contribution in [-0.4, -0.2) is 47.1 Å². The van der Waals surface area contributed by atoms with Gasteiger partial charge in [0, 0.05) is 42.3 Å². The van der Waals surface area contributed by atoms with Gasteiger partial charge in [0.2, 0.25) is 0 Å². The lowest BCUT2D eigenvalue weighted by Gasteiger charge is -2.20. The molecule has 0 spiro atoms. The van der Waals surface area contributed by atoms with Gasteiger partial charge in [0.15, 0.2) is 5.96 Å². The van der Waals surface area contributed by atoms with Crippen LogP contribution in [0, 0.1) is 6.92 Å². The van der Waals surface area contributed by atoms with Crippen LogP contribution < -0.4 is 10.6 Å². The van der Waals surface area contributed by atoms with E-state index in [-0.39, 0.29) is 24.0 Å². The molecule has 7 heteroatoms. The number of aromatic nitrogens is 1. The van der Waals surface area contributed by atoms with Crippen LogP contribution in [0.3, 0.4) is 0 Å². The zero-order valence-electron chi connectivity index (χ0n) is 14.2. The Kier molecular flexibility index (Phi) is 7.09. The van der Waals surface area contributed by atoms with E-state index in [1.807, 2.05) is 6.20 Å². The quantitative estimate of drug-likeness (QED) is 0.413. The lowest BCUT2D eigenvalue weighted by Crippen LogP contribution is -2.44. The van der Waals surface area contributed by atoms with Crippen molar-refractivity contribution in [2.24, 2.45) is 4.99 Å². The summed E-state index contributed by atoms with van der Waals surface area (Å²) in [6, 6.07) is 2.04. The lowest BCUT2D eigenvalue weighted by atomic mass is 10.2. The van der Waals surface area contributed by atoms with Crippen LogP contribution in [0.25, 0.3) is 0 Å². The molecule has 1 aliphatic carbocycles. The first kappa shape index (κ1) is 18.9. The van der Waals surface area contributed by atoms with Crippen molar-refractivity contribution in [3.8, 4) is 0 Å². The number of rotatable bonds is 5. The first-order valence-electron chi connectivity index (χ1n) is 8.37. The smallest absolute Gasteiger partial charge is 0.191 e. The van der Waals surface area contributed by atoms with Gasteiger partial charge in [0.1, 0.15) is 5.01 Å². The summed E-state index contributed by atoms with van der Waals surface area (Å²) in [6.07, 6.45) is 5.89. The molecule has 3 rings (SSSR count). The maximum atomic E-state index is 4.69. The number of aliphatic imine (C=N–C) groups is 1. The van der Waals surface area contributed by atoms with E-state index in [2.05, 4.69) is 41.3 Å². The van der Waals surface area contributed by atoms with Crippen molar-refractivity contribution in [3.63, 3.8) is 0 Å². The topological polar surface area (TPSA) is 52.6 Å². The summed E-state index contributed by atoms with van der Waals surface area (Å²) in [5, 5.41) is 8.05. The van der Waals surface area contributed by atoms with Gasteiger partial charge >= 0.3 is 0 Å². The van der Waals surface area contributed by atoms with E-state index in [0.717, 1.165) is 30.1 Å². The predicted octanol–water partition coefficient (Wildman–Crippen LogP) is 2.75. The SMILES string of the molecule is CCNC(=NCc1ncc(C)s1)NC1CC(C)N(C2CC2)C1.I. The second-order valence-electron chi connectivity index (χ2n) is 6.41. The Morgan fingerprint density at radius 2 is 2.26 bits per heavy atom. The van der Waals surface area contributed by atoms with E-state index in [1.165, 1.54) is 24.1 Å². The van der Waals surface area contributed by atoms with Gasteiger partial charge in [-0.2, -0.15) is 0 Å². The van der Waals surface area contributed by atoms with E-state index in [9.17, 15) is 0 Å². The number of hydrogen-bond acceptors (Lipinski definition) is 4. The van der Waals surface area contributed by atoms with Gasteiger partial charge in [0.25, 0.3) is 0 Å². The van der Waals surface area contributed by atoms with Gasteiger partial charge in [-0.1, -0.05) is 0 Å². The highest BCUT2D eigenvalue weighted by atomic mass is 127. The predicted molar refractivity (Wildman–Crippen MR) is 108 cm³/mol. The molecule has 5 nitrogen and oxygen atoms in total. The Labute approximate surface area is 160 Å². The molecule has 2 atom stereocenters. The Balaban J connectivity index is 0.00000192. The molecular weight excluding hydrogens is 421 g/mol. The van der Waals surface area contributed by atoms with Gasteiger partial charge in [0.05, 0.1) is 6.54 Å². The normalized spacial score (nSPS) is 25.3. The van der Waals surface area contributed by atoms with Crippen molar-refractivity contribution in [1.82, 2.24) is 20.5 Å². The number of thiazole rings is 1. The summed E-state index contributed by atoms with van der Waals surface area (Å²) in [5.41, 5.74) is 0. The minimum absolute atomic E-state index is 0. The Hall–Kier alpha value is -0.410. The fraction of sp³-hybridized carbons (Fsp3) is 0.750. The molecule has 1 saturated heterocycles. The molecular formula is C16H28IN5S. The van der Waals surface area contributed by atoms with E-state index in [4.69, 9.17) is 4.99 Å². The van der Waals surface area contributed by atoms with Gasteiger partial charge in [-0.15, -0.1) is 35.3 Å². The molecule has 23 heavy (non-hydrogen) atoms. The summed E-state index contributed by atoms with van der Waals surface area (Å²) in [7, 11) is 0. The fourth-order valence-electron chi connectivity index (χ4n) is 3.21. The van der Waals surface area contributed by atoms with Crippen molar-refractivity contribution in [2.75, 3.05) is 13.1 Å². The highest BCUT2D eigenvalue weighted by Gasteiger charge is 2.38. The average molecular weight is 449 g/mol. The molecule has 0 aromatic carbocycles. The minimum Gasteiger partial charge on any atom is -0.357 e. The zero-order chi connectivity index (χ0) is 15.5. The molecule has 0 amide bonds. The van der Waals surface area contributed by atoms with Crippen LogP contribution in [0.2, 0.25) is 0 Å². The highest BCUT2D eigenvalue weighted by molar-refractivity contribution is 14.0. The third kappa shape index (κ3) is 5.29. The van der Waals surface area contributed by atoms with Crippen LogP contribution in [0.15, 0.2) is 11.2 Å². The van der Waals surface area contributed by atoms with Gasteiger partial charge in [-0.25, -0.2) is 9.98 Å². The number of guanidine groups is 1. The average Bonchev–Trinajstić information content (AvgIpc) is 3.14. The number of likely N-dealkylation sites (tertiary alicyclic amines) is 1. The first-order valence-corrected chi connectivity index (χ1v) is 9.19. The van der Waals surface area contributed by atoms with Gasteiger partial charge in [-0.05, 0) is 40.0 Å². The Morgan fingerprint density at radius 1 is 1.48 bits per heavy atom. The molecule has 2 N–H and O–H groups in total. The highest BCUT2D eigenvalue weighted by Crippen LogP contribution is 2.33. The van der Waals surface area contributed by atoms with E-state index >= 15 is 0 Å². The summed E-state index contributed by atoms with van der Waals surface area (Å²) < 4.78 is 0. The zero-order valence-corrected chi connectivity index (χ0v) is 17.4. The van der Waals surface area contributed by atoms with Crippen LogP contribution in [-0.2, 0) is 6.54 Å². The maximum absolute atomic E-state index is 4.69. The molecule has 130 valence electrons. The van der Waals surface area contributed by atoms with Crippen molar-refractivity contribution in [2.45, 2.75) is 64.7 Å². The monoisotopic (exact) mass is 449 g/mol. The van der Waals surface area contributed by atoms with Gasteiger partial charge < -0.3 is 10.6 Å². The third-order valence-corrected chi connectivity index (χ3v) is 5.26. The molecule has 0 radical (unpaired) electrons. The summed E-state index contributed by atoms with van der Waals surface area (Å²) >= 11 is 1.72. The first-order chi connectivity index (χ1) is 10.7. The van der Waals surface area contributed by atoms with E-state index in [1.54, 1.807) is 11.3 Å². The fourth-order valence-corrected chi connectivity index (χ4v) is 3.92. The van der Waals surface area contributed by atoms with E-state index in [0.29, 0.717) is 18.6 Å². The maximum Gasteiger partial charge on any atom is 0.191 e. The van der Waals surface area contributed by atoms with Gasteiger partial charge in [-0.3, -0.25) is 4.90 Å². The summed E-state index contributed by atoms with van der Waals surface area (Å²) in [5.74, 6) is 0.921. The lowest BCUT2D eigenvalue weighted by molar-refractivity contribution is 0.256. The number of hydrogen-bond donors (Lipinski definition) is 2. The molecule has 0 bridgehead atoms. The molecule has 1 aromatic rings. The summed E-state index contributed by atoms with van der Waals surface area (Å²) in [6.45, 7) is 9.23. The Bertz CT molecular complexity index is 528. The second kappa shape index (κ2) is 8.62. The number of aryl methyl sites for hydroxylation is 1. The number of nitrogens with zero attached hydrogens (tertiary/aromatic N) is 3. The van der Waals surface area contributed by atoms with Crippen molar-refractivity contribution in [3.05, 3.63) is 16.1 Å². The second-order valence-corrected chi connectivity index (χ2v) is 7.73. The van der Waals surface area contributed by atoms with Crippen molar-refractivity contribution < 1.29 is 0 Å². The van der Waals surface area contributed by atoms with Crippen LogP contribution in [0.4, 0.5) is 0 Å². The van der Waals surface area contributed by atoms with Crippen LogP contribution in [0.5, 0.6) is 0 Å². The summed E-state index contributed by atoms with van der Waals surface area (Å²) in [4.78, 5) is 13.0. The standard InChI is InChI=1S/C16H27N5S.HI/c1-4-17-16(19-9-15-18-8-12(3)22-15)20-13-7-11(2)21(10-13)14-5-6-14;/h8,11,13-14H,4-7,9-10H2,1-3H3,(H2,17,19,20);1H. The molecule has 2 fully saturated rings. The molecule has 1 aromatic heterocycles. The molecule has 2 unspecified atom stereocenters. The molecule has 1 aliphatic heterocycles. The number of halogens is 1. The minimum atomic E-state index is 0. The van der Waals surface area contributed by atoms with E-state index < -0.39 is 0 Å². The van der Waals surface area contributed by atoms with Crippen molar-refractivity contribution >= 4 is 41.3 Å². The number of nitrogens with one attached hydrogen (secondary N) is 2. The van der Waals surface area contributed by atoms with Crippen LogP contribution in [0.1, 0.15) is 43.0 Å².